The number of hydrogen-bond acceptors (Lipinski definition) is 4. The first-order chi connectivity index (χ1) is 6.29. The fourth-order valence-electron chi connectivity index (χ4n) is 1.18. The summed E-state index contributed by atoms with van der Waals surface area (Å²) < 4.78 is 7.01. The van der Waals surface area contributed by atoms with E-state index in [4.69, 9.17) is 10.5 Å². The van der Waals surface area contributed by atoms with Gasteiger partial charge in [-0.2, -0.15) is 0 Å². The third-order valence-electron chi connectivity index (χ3n) is 1.85. The van der Waals surface area contributed by atoms with Gasteiger partial charge in [-0.3, -0.25) is 0 Å². The predicted octanol–water partition coefficient (Wildman–Crippen LogP) is 0.459. The van der Waals surface area contributed by atoms with Gasteiger partial charge < -0.3 is 10.5 Å². The zero-order valence-corrected chi connectivity index (χ0v) is 8.16. The molecule has 0 saturated carbocycles. The summed E-state index contributed by atoms with van der Waals surface area (Å²) in [5.41, 5.74) is 6.61. The third-order valence-corrected chi connectivity index (χ3v) is 1.85. The van der Waals surface area contributed by atoms with Crippen molar-refractivity contribution in [3.05, 3.63) is 5.69 Å². The molecule has 0 atom stereocenters. The van der Waals surface area contributed by atoms with Crippen LogP contribution in [0, 0.1) is 0 Å². The zero-order valence-electron chi connectivity index (χ0n) is 8.16. The van der Waals surface area contributed by atoms with Crippen molar-refractivity contribution in [3.63, 3.8) is 0 Å². The fraction of sp³-hybridized carbons (Fsp3) is 0.750. The highest BCUT2D eigenvalue weighted by Crippen LogP contribution is 2.07. The van der Waals surface area contributed by atoms with Gasteiger partial charge in [0.25, 0.3) is 0 Å². The Balaban J connectivity index is 2.55. The van der Waals surface area contributed by atoms with Crippen LogP contribution >= 0.6 is 0 Å². The summed E-state index contributed by atoms with van der Waals surface area (Å²) in [6, 6.07) is 0. The topological polar surface area (TPSA) is 66.0 Å². The molecule has 0 aromatic carbocycles. The first-order valence-electron chi connectivity index (χ1n) is 4.55. The molecule has 1 rings (SSSR count). The predicted molar refractivity (Wildman–Crippen MR) is 50.3 cm³/mol. The van der Waals surface area contributed by atoms with Crippen molar-refractivity contribution < 1.29 is 4.74 Å². The van der Waals surface area contributed by atoms with Gasteiger partial charge in [-0.05, 0) is 13.3 Å². The van der Waals surface area contributed by atoms with E-state index in [9.17, 15) is 0 Å². The van der Waals surface area contributed by atoms with Gasteiger partial charge in [0.15, 0.2) is 5.82 Å². The van der Waals surface area contributed by atoms with Gasteiger partial charge in [0.2, 0.25) is 0 Å². The van der Waals surface area contributed by atoms with Gasteiger partial charge in [0, 0.05) is 6.61 Å². The van der Waals surface area contributed by atoms with Crippen LogP contribution in [0.5, 0.6) is 0 Å². The van der Waals surface area contributed by atoms with Crippen LogP contribution in [0.4, 0.5) is 5.82 Å². The maximum absolute atomic E-state index is 5.62. The lowest BCUT2D eigenvalue weighted by molar-refractivity contribution is 0.135. The van der Waals surface area contributed by atoms with Crippen LogP contribution in [0.3, 0.4) is 0 Å². The Kier molecular flexibility index (Phi) is 3.70. The number of nitrogen functional groups attached to an aromatic ring is 1. The van der Waals surface area contributed by atoms with Crippen LogP contribution in [0.15, 0.2) is 0 Å². The minimum Gasteiger partial charge on any atom is -0.381 e. The second kappa shape index (κ2) is 4.81. The summed E-state index contributed by atoms with van der Waals surface area (Å²) in [5, 5.41) is 7.72. The van der Waals surface area contributed by atoms with Crippen LogP contribution in [0.2, 0.25) is 0 Å². The second-order valence-corrected chi connectivity index (χ2v) is 2.69. The minimum absolute atomic E-state index is 0.527. The smallest absolute Gasteiger partial charge is 0.169 e. The average molecular weight is 184 g/mol. The molecule has 0 aliphatic rings. The number of nitrogens with two attached hydrogens (primary N) is 1. The van der Waals surface area contributed by atoms with Gasteiger partial charge in [0.05, 0.1) is 18.8 Å². The highest BCUT2D eigenvalue weighted by molar-refractivity contribution is 5.32. The van der Waals surface area contributed by atoms with Crippen molar-refractivity contribution in [1.29, 1.82) is 0 Å². The SMILES string of the molecule is CCOCCn1nnc(N)c1CC. The lowest BCUT2D eigenvalue weighted by Crippen LogP contribution is -2.10. The molecule has 1 heterocycles. The number of nitrogens with zero attached hydrogens (tertiary/aromatic N) is 3. The van der Waals surface area contributed by atoms with E-state index in [2.05, 4.69) is 10.3 Å². The molecule has 2 N–H and O–H groups in total. The summed E-state index contributed by atoms with van der Waals surface area (Å²) in [5.74, 6) is 0.527. The van der Waals surface area contributed by atoms with Crippen LogP contribution in [0.1, 0.15) is 19.5 Å². The van der Waals surface area contributed by atoms with Gasteiger partial charge in [-0.1, -0.05) is 12.1 Å². The minimum atomic E-state index is 0.527. The quantitative estimate of drug-likeness (QED) is 0.675. The van der Waals surface area contributed by atoms with E-state index in [0.29, 0.717) is 12.4 Å². The molecule has 5 heteroatoms. The van der Waals surface area contributed by atoms with E-state index in [1.807, 2.05) is 13.8 Å². The van der Waals surface area contributed by atoms with Crippen LogP contribution in [-0.4, -0.2) is 28.2 Å². The Labute approximate surface area is 77.9 Å². The summed E-state index contributed by atoms with van der Waals surface area (Å²) in [4.78, 5) is 0. The Hall–Kier alpha value is -1.10. The number of rotatable bonds is 5. The molecule has 5 nitrogen and oxygen atoms in total. The largest absolute Gasteiger partial charge is 0.381 e. The number of ether oxygens (including phenoxy) is 1. The van der Waals surface area contributed by atoms with Crippen LogP contribution in [-0.2, 0) is 17.7 Å². The summed E-state index contributed by atoms with van der Waals surface area (Å²) >= 11 is 0. The molecule has 0 unspecified atom stereocenters. The molecule has 1 aromatic heterocycles. The summed E-state index contributed by atoms with van der Waals surface area (Å²) in [6.45, 7) is 6.11. The first kappa shape index (κ1) is 9.98. The van der Waals surface area contributed by atoms with Crippen molar-refractivity contribution in [2.75, 3.05) is 18.9 Å². The molecule has 0 fully saturated rings. The number of hydrogen-bond donors (Lipinski definition) is 1. The van der Waals surface area contributed by atoms with Gasteiger partial charge in [-0.25, -0.2) is 4.68 Å². The molecule has 0 radical (unpaired) electrons. The van der Waals surface area contributed by atoms with Gasteiger partial charge in [-0.15, -0.1) is 5.10 Å². The van der Waals surface area contributed by atoms with Gasteiger partial charge >= 0.3 is 0 Å². The Morgan fingerprint density at radius 3 is 2.85 bits per heavy atom. The van der Waals surface area contributed by atoms with E-state index < -0.39 is 0 Å². The molecule has 0 bridgehead atoms. The average Bonchev–Trinajstić information content (AvgIpc) is 2.47. The first-order valence-corrected chi connectivity index (χ1v) is 4.55. The molecule has 13 heavy (non-hydrogen) atoms. The highest BCUT2D eigenvalue weighted by Gasteiger charge is 2.06. The Bertz CT molecular complexity index is 259. The molecule has 74 valence electrons. The van der Waals surface area contributed by atoms with Crippen molar-refractivity contribution in [2.45, 2.75) is 26.8 Å². The number of anilines is 1. The van der Waals surface area contributed by atoms with Gasteiger partial charge in [0.1, 0.15) is 0 Å². The van der Waals surface area contributed by atoms with E-state index >= 15 is 0 Å². The normalized spacial score (nSPS) is 10.6. The summed E-state index contributed by atoms with van der Waals surface area (Å²) in [6.07, 6.45) is 0.852. The highest BCUT2D eigenvalue weighted by atomic mass is 16.5. The maximum atomic E-state index is 5.62. The fourth-order valence-corrected chi connectivity index (χ4v) is 1.18. The van der Waals surface area contributed by atoms with E-state index in [0.717, 1.165) is 25.3 Å². The third kappa shape index (κ3) is 2.42. The number of aromatic nitrogens is 3. The molecule has 0 saturated heterocycles. The molecule has 0 spiro atoms. The molecule has 0 aliphatic carbocycles. The standard InChI is InChI=1S/C8H16N4O/c1-3-7-8(9)10-11-12(7)5-6-13-4-2/h3-6,9H2,1-2H3. The van der Waals surface area contributed by atoms with E-state index in [-0.39, 0.29) is 0 Å². The Morgan fingerprint density at radius 1 is 1.46 bits per heavy atom. The van der Waals surface area contributed by atoms with E-state index in [1.54, 1.807) is 4.68 Å². The molecular weight excluding hydrogens is 168 g/mol. The van der Waals surface area contributed by atoms with Crippen molar-refractivity contribution in [1.82, 2.24) is 15.0 Å². The lowest BCUT2D eigenvalue weighted by atomic mass is 10.3. The Morgan fingerprint density at radius 2 is 2.23 bits per heavy atom. The monoisotopic (exact) mass is 184 g/mol. The molecular formula is C8H16N4O. The second-order valence-electron chi connectivity index (χ2n) is 2.69. The molecule has 1 aromatic rings. The van der Waals surface area contributed by atoms with E-state index in [1.165, 1.54) is 0 Å². The van der Waals surface area contributed by atoms with Crippen LogP contribution < -0.4 is 5.73 Å². The van der Waals surface area contributed by atoms with Crippen LogP contribution in [0.25, 0.3) is 0 Å². The zero-order chi connectivity index (χ0) is 9.68. The summed E-state index contributed by atoms with van der Waals surface area (Å²) in [7, 11) is 0. The maximum Gasteiger partial charge on any atom is 0.169 e. The van der Waals surface area contributed by atoms with Crippen molar-refractivity contribution in [3.8, 4) is 0 Å². The molecule has 0 amide bonds. The lowest BCUT2D eigenvalue weighted by Gasteiger charge is -2.04. The van der Waals surface area contributed by atoms with Crippen molar-refractivity contribution >= 4 is 5.82 Å². The molecule has 0 aliphatic heterocycles. The van der Waals surface area contributed by atoms with Crippen molar-refractivity contribution in [2.24, 2.45) is 0 Å².